The van der Waals surface area contributed by atoms with Gasteiger partial charge >= 0.3 is 0 Å². The van der Waals surface area contributed by atoms with Crippen LogP contribution in [0.25, 0.3) is 0 Å². The number of rotatable bonds is 11. The largest absolute Gasteiger partial charge is 0.376 e. The molecule has 0 aliphatic heterocycles. The van der Waals surface area contributed by atoms with Crippen molar-refractivity contribution < 1.29 is 4.79 Å². The van der Waals surface area contributed by atoms with Crippen molar-refractivity contribution in [3.63, 3.8) is 0 Å². The van der Waals surface area contributed by atoms with Gasteiger partial charge in [-0.05, 0) is 43.4 Å². The van der Waals surface area contributed by atoms with Gasteiger partial charge in [0.2, 0.25) is 0 Å². The highest BCUT2D eigenvalue weighted by molar-refractivity contribution is 6.06. The summed E-state index contributed by atoms with van der Waals surface area (Å²) in [5.41, 5.74) is 2.14. The summed E-state index contributed by atoms with van der Waals surface area (Å²) in [4.78, 5) is 14.5. The van der Waals surface area contributed by atoms with Crippen molar-refractivity contribution in [3.05, 3.63) is 41.6 Å². The molecule has 0 aromatic heterocycles. The molecule has 0 heterocycles. The Balaban J connectivity index is 2.74. The fourth-order valence-electron chi connectivity index (χ4n) is 2.54. The lowest BCUT2D eigenvalue weighted by Crippen LogP contribution is -2.23. The Labute approximate surface area is 152 Å². The van der Waals surface area contributed by atoms with Gasteiger partial charge in [0.05, 0.1) is 0 Å². The second kappa shape index (κ2) is 12.1. The van der Waals surface area contributed by atoms with E-state index in [1.165, 1.54) is 12.0 Å². The minimum Gasteiger partial charge on any atom is -0.376 e. The quantitative estimate of drug-likeness (QED) is 0.460. The van der Waals surface area contributed by atoms with Crippen LogP contribution < -0.4 is 5.32 Å². The van der Waals surface area contributed by atoms with E-state index in [-0.39, 0.29) is 11.5 Å². The smallest absolute Gasteiger partial charge is 0.267 e. The number of carbonyl (C=O) groups excluding carboxylic acids is 1. The Bertz CT molecular complexity index is 584. The van der Waals surface area contributed by atoms with E-state index >= 15 is 0 Å². The molecule has 1 aromatic rings. The van der Waals surface area contributed by atoms with Gasteiger partial charge in [-0.1, -0.05) is 45.7 Å². The molecule has 136 valence electrons. The van der Waals surface area contributed by atoms with E-state index in [1.54, 1.807) is 6.20 Å². The van der Waals surface area contributed by atoms with Crippen molar-refractivity contribution in [1.82, 2.24) is 4.90 Å². The summed E-state index contributed by atoms with van der Waals surface area (Å²) in [6, 6.07) is 9.90. The van der Waals surface area contributed by atoms with Gasteiger partial charge in [-0.15, -0.1) is 0 Å². The summed E-state index contributed by atoms with van der Waals surface area (Å²) in [5, 5.41) is 12.2. The molecule has 0 bridgehead atoms. The first-order valence-corrected chi connectivity index (χ1v) is 9.40. The van der Waals surface area contributed by atoms with Crippen LogP contribution in [0.3, 0.4) is 0 Å². The van der Waals surface area contributed by atoms with Crippen LogP contribution in [0.4, 0.5) is 5.69 Å². The molecule has 4 nitrogen and oxygen atoms in total. The van der Waals surface area contributed by atoms with Gasteiger partial charge in [0.15, 0.2) is 0 Å². The molecule has 1 aromatic carbocycles. The van der Waals surface area contributed by atoms with E-state index in [4.69, 9.17) is 0 Å². The fourth-order valence-corrected chi connectivity index (χ4v) is 2.54. The number of benzene rings is 1. The summed E-state index contributed by atoms with van der Waals surface area (Å²) in [6.45, 7) is 8.13. The van der Waals surface area contributed by atoms with Gasteiger partial charge in [-0.3, -0.25) is 4.79 Å². The van der Waals surface area contributed by atoms with Crippen molar-refractivity contribution in [1.29, 1.82) is 5.26 Å². The van der Waals surface area contributed by atoms with Gasteiger partial charge in [0.1, 0.15) is 11.6 Å². The van der Waals surface area contributed by atoms with E-state index in [1.807, 2.05) is 30.3 Å². The van der Waals surface area contributed by atoms with E-state index in [0.717, 1.165) is 50.9 Å². The number of anilines is 1. The molecule has 0 aliphatic rings. The number of nitrogens with zero attached hydrogens (tertiary/aromatic N) is 2. The minimum atomic E-state index is -0.346. The SMILES string of the molecule is CCCCc1ccc(NC(=O)/C(C#N)=C\N(CCC)CCCC)cc1. The molecule has 0 spiro atoms. The molecule has 1 N–H and O–H groups in total. The van der Waals surface area contributed by atoms with Crippen LogP contribution in [-0.4, -0.2) is 23.9 Å². The summed E-state index contributed by atoms with van der Waals surface area (Å²) in [5.74, 6) is -0.346. The number of aryl methyl sites for hydroxylation is 1. The molecule has 0 unspecified atom stereocenters. The van der Waals surface area contributed by atoms with E-state index in [9.17, 15) is 10.1 Å². The molecule has 0 fully saturated rings. The number of amides is 1. The Morgan fingerprint density at radius 2 is 1.76 bits per heavy atom. The lowest BCUT2D eigenvalue weighted by molar-refractivity contribution is -0.112. The zero-order valence-electron chi connectivity index (χ0n) is 15.8. The summed E-state index contributed by atoms with van der Waals surface area (Å²) >= 11 is 0. The standard InChI is InChI=1S/C21H31N3O/c1-4-7-9-18-10-12-20(13-11-18)23-21(25)19(16-22)17-24(14-6-3)15-8-5-2/h10-13,17H,4-9,14-15H2,1-3H3,(H,23,25)/b19-17-. The lowest BCUT2D eigenvalue weighted by Gasteiger charge is -2.19. The van der Waals surface area contributed by atoms with Crippen LogP contribution in [0.5, 0.6) is 0 Å². The highest BCUT2D eigenvalue weighted by Gasteiger charge is 2.11. The van der Waals surface area contributed by atoms with E-state index < -0.39 is 0 Å². The second-order valence-corrected chi connectivity index (χ2v) is 6.30. The number of carbonyl (C=O) groups is 1. The van der Waals surface area contributed by atoms with Crippen LogP contribution in [0.2, 0.25) is 0 Å². The van der Waals surface area contributed by atoms with E-state index in [2.05, 4.69) is 31.0 Å². The average molecular weight is 341 g/mol. The predicted octanol–water partition coefficient (Wildman–Crippen LogP) is 4.89. The Morgan fingerprint density at radius 3 is 2.32 bits per heavy atom. The second-order valence-electron chi connectivity index (χ2n) is 6.30. The summed E-state index contributed by atoms with van der Waals surface area (Å²) in [6.07, 6.45) is 8.21. The maximum atomic E-state index is 12.4. The maximum Gasteiger partial charge on any atom is 0.267 e. The summed E-state index contributed by atoms with van der Waals surface area (Å²) < 4.78 is 0. The zero-order chi connectivity index (χ0) is 18.5. The normalized spacial score (nSPS) is 11.0. The number of hydrogen-bond donors (Lipinski definition) is 1. The third-order valence-electron chi connectivity index (χ3n) is 4.02. The van der Waals surface area contributed by atoms with Gasteiger partial charge in [0.25, 0.3) is 5.91 Å². The van der Waals surface area contributed by atoms with Crippen LogP contribution in [0, 0.1) is 11.3 Å². The monoisotopic (exact) mass is 341 g/mol. The van der Waals surface area contributed by atoms with Gasteiger partial charge in [0, 0.05) is 25.0 Å². The van der Waals surface area contributed by atoms with Crippen LogP contribution >= 0.6 is 0 Å². The van der Waals surface area contributed by atoms with Crippen molar-refractivity contribution in [2.45, 2.75) is 59.3 Å². The zero-order valence-corrected chi connectivity index (χ0v) is 15.8. The Kier molecular flexibility index (Phi) is 10.1. The predicted molar refractivity (Wildman–Crippen MR) is 104 cm³/mol. The number of nitrogens with one attached hydrogen (secondary N) is 1. The van der Waals surface area contributed by atoms with Crippen LogP contribution in [-0.2, 0) is 11.2 Å². The molecule has 0 aliphatic carbocycles. The Morgan fingerprint density at radius 1 is 1.08 bits per heavy atom. The summed E-state index contributed by atoms with van der Waals surface area (Å²) in [7, 11) is 0. The molecular weight excluding hydrogens is 310 g/mol. The highest BCUT2D eigenvalue weighted by atomic mass is 16.1. The Hall–Kier alpha value is -2.28. The minimum absolute atomic E-state index is 0.152. The molecule has 0 saturated carbocycles. The van der Waals surface area contributed by atoms with Gasteiger partial charge < -0.3 is 10.2 Å². The number of nitriles is 1. The molecule has 0 saturated heterocycles. The fraction of sp³-hybridized carbons (Fsp3) is 0.524. The van der Waals surface area contributed by atoms with Gasteiger partial charge in [-0.2, -0.15) is 5.26 Å². The van der Waals surface area contributed by atoms with Crippen molar-refractivity contribution >= 4 is 11.6 Å². The van der Waals surface area contributed by atoms with Crippen molar-refractivity contribution in [3.8, 4) is 6.07 Å². The number of unbranched alkanes of at least 4 members (excludes halogenated alkanes) is 2. The number of hydrogen-bond acceptors (Lipinski definition) is 3. The third kappa shape index (κ3) is 7.89. The molecular formula is C21H31N3O. The van der Waals surface area contributed by atoms with Crippen LogP contribution in [0.1, 0.15) is 58.4 Å². The molecule has 0 radical (unpaired) electrons. The molecule has 4 heteroatoms. The topological polar surface area (TPSA) is 56.1 Å². The molecule has 1 rings (SSSR count). The third-order valence-corrected chi connectivity index (χ3v) is 4.02. The van der Waals surface area contributed by atoms with Gasteiger partial charge in [-0.25, -0.2) is 0 Å². The maximum absolute atomic E-state index is 12.4. The van der Waals surface area contributed by atoms with Crippen molar-refractivity contribution in [2.24, 2.45) is 0 Å². The molecule has 1 amide bonds. The first kappa shape index (κ1) is 20.8. The average Bonchev–Trinajstić information content (AvgIpc) is 2.63. The van der Waals surface area contributed by atoms with E-state index in [0.29, 0.717) is 0 Å². The molecule has 25 heavy (non-hydrogen) atoms. The molecule has 0 atom stereocenters. The first-order valence-electron chi connectivity index (χ1n) is 9.40. The lowest BCUT2D eigenvalue weighted by atomic mass is 10.1. The van der Waals surface area contributed by atoms with Crippen molar-refractivity contribution in [2.75, 3.05) is 18.4 Å². The van der Waals surface area contributed by atoms with Crippen LogP contribution in [0.15, 0.2) is 36.0 Å². The highest BCUT2D eigenvalue weighted by Crippen LogP contribution is 2.13. The first-order chi connectivity index (χ1) is 12.1.